The summed E-state index contributed by atoms with van der Waals surface area (Å²) in [5.41, 5.74) is 0.871. The first-order valence-corrected chi connectivity index (χ1v) is 7.41. The Bertz CT molecular complexity index is 646. The molecular weight excluding hydrogens is 290 g/mol. The monoisotopic (exact) mass is 309 g/mol. The first-order chi connectivity index (χ1) is 9.82. The summed E-state index contributed by atoms with van der Waals surface area (Å²) in [5, 5.41) is 24.2. The molecule has 2 rings (SSSR count). The standard InChI is InChI=1S/C14H19N3O3S/c1-9-16-11(6-21-9)10-4-12(17(3)5-10)13(19)15-7-14(2,20)8-18/h4-6,18,20H,7-8H2,1-3H3,(H,15,19). The van der Waals surface area contributed by atoms with Gasteiger partial charge in [0, 0.05) is 30.7 Å². The Morgan fingerprint density at radius 2 is 2.29 bits per heavy atom. The van der Waals surface area contributed by atoms with Crippen LogP contribution < -0.4 is 5.32 Å². The number of aliphatic hydroxyl groups is 2. The van der Waals surface area contributed by atoms with Crippen LogP contribution in [0.25, 0.3) is 11.3 Å². The summed E-state index contributed by atoms with van der Waals surface area (Å²) >= 11 is 1.56. The third kappa shape index (κ3) is 3.69. The van der Waals surface area contributed by atoms with Crippen LogP contribution in [0.15, 0.2) is 17.6 Å². The summed E-state index contributed by atoms with van der Waals surface area (Å²) in [6, 6.07) is 1.76. The van der Waals surface area contributed by atoms with Crippen molar-refractivity contribution >= 4 is 17.2 Å². The van der Waals surface area contributed by atoms with Crippen molar-refractivity contribution in [3.8, 4) is 11.3 Å². The van der Waals surface area contributed by atoms with Crippen molar-refractivity contribution in [3.63, 3.8) is 0 Å². The van der Waals surface area contributed by atoms with Crippen LogP contribution in [0.3, 0.4) is 0 Å². The Morgan fingerprint density at radius 3 is 2.86 bits per heavy atom. The van der Waals surface area contributed by atoms with Crippen LogP contribution in [0.5, 0.6) is 0 Å². The largest absolute Gasteiger partial charge is 0.393 e. The van der Waals surface area contributed by atoms with Gasteiger partial charge in [-0.25, -0.2) is 4.98 Å². The van der Waals surface area contributed by atoms with E-state index in [1.54, 1.807) is 29.0 Å². The lowest BCUT2D eigenvalue weighted by Gasteiger charge is -2.20. The van der Waals surface area contributed by atoms with E-state index in [0.717, 1.165) is 16.3 Å². The molecule has 2 aromatic heterocycles. The number of carbonyl (C=O) groups is 1. The van der Waals surface area contributed by atoms with Gasteiger partial charge in [-0.2, -0.15) is 0 Å². The quantitative estimate of drug-likeness (QED) is 0.767. The number of hydrogen-bond donors (Lipinski definition) is 3. The highest BCUT2D eigenvalue weighted by Crippen LogP contribution is 2.23. The first-order valence-electron chi connectivity index (χ1n) is 6.53. The normalized spacial score (nSPS) is 14.0. The van der Waals surface area contributed by atoms with Gasteiger partial charge in [0.1, 0.15) is 11.3 Å². The molecular formula is C14H19N3O3S. The zero-order chi connectivity index (χ0) is 15.6. The number of rotatable bonds is 5. The molecule has 7 heteroatoms. The van der Waals surface area contributed by atoms with Crippen LogP contribution >= 0.6 is 11.3 Å². The molecule has 1 atom stereocenters. The van der Waals surface area contributed by atoms with E-state index in [1.807, 2.05) is 18.5 Å². The van der Waals surface area contributed by atoms with Gasteiger partial charge < -0.3 is 20.1 Å². The Balaban J connectivity index is 2.14. The second-order valence-corrected chi connectivity index (χ2v) is 6.38. The highest BCUT2D eigenvalue weighted by molar-refractivity contribution is 7.09. The number of aromatic nitrogens is 2. The Hall–Kier alpha value is -1.70. The second-order valence-electron chi connectivity index (χ2n) is 5.31. The van der Waals surface area contributed by atoms with Gasteiger partial charge in [0.05, 0.1) is 17.3 Å². The van der Waals surface area contributed by atoms with Crippen molar-refractivity contribution in [1.29, 1.82) is 0 Å². The minimum absolute atomic E-state index is 0.0152. The second kappa shape index (κ2) is 5.97. The molecule has 3 N–H and O–H groups in total. The molecule has 2 aromatic rings. The van der Waals surface area contributed by atoms with Crippen molar-refractivity contribution < 1.29 is 15.0 Å². The van der Waals surface area contributed by atoms with Gasteiger partial charge in [0.15, 0.2) is 0 Å². The summed E-state index contributed by atoms with van der Waals surface area (Å²) in [5.74, 6) is -0.301. The molecule has 0 radical (unpaired) electrons. The van der Waals surface area contributed by atoms with Crippen molar-refractivity contribution in [3.05, 3.63) is 28.3 Å². The SMILES string of the molecule is Cc1nc(-c2cc(C(=O)NCC(C)(O)CO)n(C)c2)cs1. The molecule has 1 unspecified atom stereocenters. The fraction of sp³-hybridized carbons (Fsp3) is 0.429. The smallest absolute Gasteiger partial charge is 0.268 e. The molecule has 2 heterocycles. The molecule has 6 nitrogen and oxygen atoms in total. The number of thiazole rings is 1. The van der Waals surface area contributed by atoms with E-state index in [4.69, 9.17) is 5.11 Å². The predicted molar refractivity (Wildman–Crippen MR) is 81.3 cm³/mol. The van der Waals surface area contributed by atoms with Crippen LogP contribution in [-0.4, -0.2) is 44.4 Å². The van der Waals surface area contributed by atoms with Crippen LogP contribution in [0.1, 0.15) is 22.4 Å². The highest BCUT2D eigenvalue weighted by Gasteiger charge is 2.21. The average Bonchev–Trinajstić information content (AvgIpc) is 3.02. The van der Waals surface area contributed by atoms with Crippen molar-refractivity contribution in [2.24, 2.45) is 7.05 Å². The molecule has 0 saturated heterocycles. The lowest BCUT2D eigenvalue weighted by Crippen LogP contribution is -2.43. The van der Waals surface area contributed by atoms with Crippen molar-refractivity contribution in [1.82, 2.24) is 14.9 Å². The summed E-state index contributed by atoms with van der Waals surface area (Å²) in [6.45, 7) is 2.96. The third-order valence-corrected chi connectivity index (χ3v) is 3.90. The maximum Gasteiger partial charge on any atom is 0.268 e. The predicted octanol–water partition coefficient (Wildman–Crippen LogP) is 0.930. The number of aliphatic hydroxyl groups excluding tert-OH is 1. The number of nitrogens with zero attached hydrogens (tertiary/aromatic N) is 2. The fourth-order valence-corrected chi connectivity index (χ4v) is 2.47. The molecule has 0 spiro atoms. The maximum absolute atomic E-state index is 12.1. The Morgan fingerprint density at radius 1 is 1.57 bits per heavy atom. The van der Waals surface area contributed by atoms with E-state index < -0.39 is 12.2 Å². The number of carbonyl (C=O) groups excluding carboxylic acids is 1. The van der Waals surface area contributed by atoms with E-state index in [1.165, 1.54) is 6.92 Å². The molecule has 114 valence electrons. The maximum atomic E-state index is 12.1. The van der Waals surface area contributed by atoms with E-state index in [-0.39, 0.29) is 12.5 Å². The van der Waals surface area contributed by atoms with Gasteiger partial charge in [0.25, 0.3) is 5.91 Å². The van der Waals surface area contributed by atoms with Crippen LogP contribution in [0.2, 0.25) is 0 Å². The fourth-order valence-electron chi connectivity index (χ4n) is 1.84. The molecule has 21 heavy (non-hydrogen) atoms. The van der Waals surface area contributed by atoms with Crippen molar-refractivity contribution in [2.45, 2.75) is 19.4 Å². The molecule has 0 fully saturated rings. The van der Waals surface area contributed by atoms with Crippen LogP contribution in [-0.2, 0) is 7.05 Å². The summed E-state index contributed by atoms with van der Waals surface area (Å²) in [7, 11) is 1.78. The summed E-state index contributed by atoms with van der Waals surface area (Å²) in [6.07, 6.45) is 1.84. The number of hydrogen-bond acceptors (Lipinski definition) is 5. The lowest BCUT2D eigenvalue weighted by molar-refractivity contribution is 0.00313. The average molecular weight is 309 g/mol. The van der Waals surface area contributed by atoms with E-state index in [0.29, 0.717) is 5.69 Å². The molecule has 0 aliphatic rings. The molecule has 0 aliphatic carbocycles. The van der Waals surface area contributed by atoms with Gasteiger partial charge in [-0.3, -0.25) is 4.79 Å². The van der Waals surface area contributed by atoms with Gasteiger partial charge in [0.2, 0.25) is 0 Å². The van der Waals surface area contributed by atoms with Gasteiger partial charge in [-0.1, -0.05) is 0 Å². The Kier molecular flexibility index (Phi) is 4.46. The molecule has 0 aromatic carbocycles. The number of aryl methyl sites for hydroxylation is 2. The zero-order valence-electron chi connectivity index (χ0n) is 12.3. The van der Waals surface area contributed by atoms with Crippen molar-refractivity contribution in [2.75, 3.05) is 13.2 Å². The third-order valence-electron chi connectivity index (χ3n) is 3.12. The van der Waals surface area contributed by atoms with Crippen LogP contribution in [0, 0.1) is 6.92 Å². The van der Waals surface area contributed by atoms with E-state index in [2.05, 4.69) is 10.3 Å². The van der Waals surface area contributed by atoms with E-state index >= 15 is 0 Å². The summed E-state index contributed by atoms with van der Waals surface area (Å²) < 4.78 is 1.72. The summed E-state index contributed by atoms with van der Waals surface area (Å²) in [4.78, 5) is 16.5. The van der Waals surface area contributed by atoms with Gasteiger partial charge >= 0.3 is 0 Å². The topological polar surface area (TPSA) is 87.4 Å². The molecule has 1 amide bonds. The Labute approximate surface area is 127 Å². The number of amides is 1. The zero-order valence-corrected chi connectivity index (χ0v) is 13.1. The van der Waals surface area contributed by atoms with Crippen LogP contribution in [0.4, 0.5) is 0 Å². The minimum Gasteiger partial charge on any atom is -0.393 e. The molecule has 0 saturated carbocycles. The first kappa shape index (κ1) is 15.7. The molecule has 0 aliphatic heterocycles. The number of nitrogens with one attached hydrogen (secondary N) is 1. The van der Waals surface area contributed by atoms with E-state index in [9.17, 15) is 9.90 Å². The highest BCUT2D eigenvalue weighted by atomic mass is 32.1. The van der Waals surface area contributed by atoms with Gasteiger partial charge in [-0.05, 0) is 19.9 Å². The molecule has 0 bridgehead atoms. The lowest BCUT2D eigenvalue weighted by atomic mass is 10.1. The minimum atomic E-state index is -1.32. The van der Waals surface area contributed by atoms with Gasteiger partial charge in [-0.15, -0.1) is 11.3 Å².